The van der Waals surface area contributed by atoms with E-state index in [4.69, 9.17) is 0 Å². The van der Waals surface area contributed by atoms with Crippen molar-refractivity contribution in [1.29, 1.82) is 0 Å². The lowest BCUT2D eigenvalue weighted by Gasteiger charge is -2.29. The van der Waals surface area contributed by atoms with E-state index in [2.05, 4.69) is 24.1 Å². The van der Waals surface area contributed by atoms with Gasteiger partial charge < -0.3 is 10.4 Å². The van der Waals surface area contributed by atoms with Gasteiger partial charge in [-0.25, -0.2) is 0 Å². The zero-order chi connectivity index (χ0) is 11.5. The highest BCUT2D eigenvalue weighted by molar-refractivity contribution is 4.92. The fourth-order valence-corrected chi connectivity index (χ4v) is 3.12. The third-order valence-corrected chi connectivity index (χ3v) is 3.90. The molecule has 16 heavy (non-hydrogen) atoms. The van der Waals surface area contributed by atoms with Crippen molar-refractivity contribution in [2.75, 3.05) is 26.2 Å². The minimum absolute atomic E-state index is 0.196. The number of hydrogen-bond donors (Lipinski definition) is 2. The SMILES string of the molecule is CC(C)CNCC(O)CN1CC2CCC1C2. The van der Waals surface area contributed by atoms with Crippen LogP contribution in [0.5, 0.6) is 0 Å². The first-order valence-corrected chi connectivity index (χ1v) is 6.78. The molecular formula is C13H26N2O. The predicted octanol–water partition coefficient (Wildman–Crippen LogP) is 1.08. The summed E-state index contributed by atoms with van der Waals surface area (Å²) in [7, 11) is 0. The van der Waals surface area contributed by atoms with Gasteiger partial charge in [-0.1, -0.05) is 13.8 Å². The first kappa shape index (κ1) is 12.3. The summed E-state index contributed by atoms with van der Waals surface area (Å²) in [5, 5.41) is 13.3. The van der Waals surface area contributed by atoms with Crippen LogP contribution in [0.3, 0.4) is 0 Å². The number of fused-ring (bicyclic) bond motifs is 2. The average molecular weight is 226 g/mol. The van der Waals surface area contributed by atoms with Crippen LogP contribution < -0.4 is 5.32 Å². The second-order valence-electron chi connectivity index (χ2n) is 5.99. The molecular weight excluding hydrogens is 200 g/mol. The highest BCUT2D eigenvalue weighted by Crippen LogP contribution is 2.37. The predicted molar refractivity (Wildman–Crippen MR) is 66.4 cm³/mol. The molecule has 2 bridgehead atoms. The van der Waals surface area contributed by atoms with Crippen LogP contribution in [-0.2, 0) is 0 Å². The molecule has 0 amide bonds. The summed E-state index contributed by atoms with van der Waals surface area (Å²) in [5.41, 5.74) is 0. The molecule has 1 saturated heterocycles. The molecule has 1 aliphatic heterocycles. The van der Waals surface area contributed by atoms with Crippen LogP contribution in [0.4, 0.5) is 0 Å². The number of piperidine rings is 1. The minimum Gasteiger partial charge on any atom is -0.390 e. The van der Waals surface area contributed by atoms with E-state index in [1.54, 1.807) is 0 Å². The molecule has 2 N–H and O–H groups in total. The minimum atomic E-state index is -0.196. The standard InChI is InChI=1S/C13H26N2O/c1-10(2)6-14-7-13(16)9-15-8-11-3-4-12(15)5-11/h10-14,16H,3-9H2,1-2H3. The Morgan fingerprint density at radius 3 is 2.69 bits per heavy atom. The Hall–Kier alpha value is -0.120. The molecule has 3 atom stereocenters. The Morgan fingerprint density at radius 2 is 2.12 bits per heavy atom. The van der Waals surface area contributed by atoms with E-state index in [1.165, 1.54) is 25.8 Å². The van der Waals surface area contributed by atoms with E-state index in [-0.39, 0.29) is 6.10 Å². The molecule has 0 aromatic heterocycles. The van der Waals surface area contributed by atoms with E-state index >= 15 is 0 Å². The maximum atomic E-state index is 9.95. The summed E-state index contributed by atoms with van der Waals surface area (Å²) in [4.78, 5) is 2.50. The number of β-amino-alcohol motifs (C(OH)–C–C–N with tert-alkyl or cyclic N) is 1. The molecule has 0 spiro atoms. The van der Waals surface area contributed by atoms with E-state index < -0.39 is 0 Å². The van der Waals surface area contributed by atoms with E-state index in [0.717, 1.165) is 31.6 Å². The van der Waals surface area contributed by atoms with Gasteiger partial charge in [0.05, 0.1) is 6.10 Å². The van der Waals surface area contributed by atoms with Crippen LogP contribution in [0.1, 0.15) is 33.1 Å². The highest BCUT2D eigenvalue weighted by Gasteiger charge is 2.37. The zero-order valence-electron chi connectivity index (χ0n) is 10.7. The normalized spacial score (nSPS) is 31.5. The molecule has 1 heterocycles. The maximum absolute atomic E-state index is 9.95. The van der Waals surface area contributed by atoms with Crippen LogP contribution in [0.25, 0.3) is 0 Å². The largest absolute Gasteiger partial charge is 0.390 e. The number of nitrogens with one attached hydrogen (secondary N) is 1. The number of hydrogen-bond acceptors (Lipinski definition) is 3. The summed E-state index contributed by atoms with van der Waals surface area (Å²) >= 11 is 0. The van der Waals surface area contributed by atoms with E-state index in [9.17, 15) is 5.11 Å². The van der Waals surface area contributed by atoms with Crippen molar-refractivity contribution in [3.05, 3.63) is 0 Å². The van der Waals surface area contributed by atoms with Crippen LogP contribution in [0, 0.1) is 11.8 Å². The van der Waals surface area contributed by atoms with E-state index in [1.807, 2.05) is 0 Å². The Bertz CT molecular complexity index is 220. The summed E-state index contributed by atoms with van der Waals surface area (Å²) in [6, 6.07) is 0.782. The molecule has 3 unspecified atom stereocenters. The Balaban J connectivity index is 1.62. The van der Waals surface area contributed by atoms with Crippen molar-refractivity contribution in [1.82, 2.24) is 10.2 Å². The fraction of sp³-hybridized carbons (Fsp3) is 1.00. The molecule has 0 aromatic rings. The summed E-state index contributed by atoms with van der Waals surface area (Å²) < 4.78 is 0. The fourth-order valence-electron chi connectivity index (χ4n) is 3.12. The van der Waals surface area contributed by atoms with Gasteiger partial charge in [0.25, 0.3) is 0 Å². The van der Waals surface area contributed by atoms with E-state index in [0.29, 0.717) is 5.92 Å². The number of aliphatic hydroxyl groups is 1. The summed E-state index contributed by atoms with van der Waals surface area (Å²) in [5.74, 6) is 1.59. The smallest absolute Gasteiger partial charge is 0.0791 e. The van der Waals surface area contributed by atoms with Crippen molar-refractivity contribution >= 4 is 0 Å². The van der Waals surface area contributed by atoms with Gasteiger partial charge >= 0.3 is 0 Å². The zero-order valence-corrected chi connectivity index (χ0v) is 10.7. The molecule has 2 fully saturated rings. The van der Waals surface area contributed by atoms with Gasteiger partial charge in [-0.05, 0) is 37.6 Å². The third-order valence-electron chi connectivity index (χ3n) is 3.90. The van der Waals surface area contributed by atoms with Gasteiger partial charge in [0, 0.05) is 25.7 Å². The maximum Gasteiger partial charge on any atom is 0.0791 e. The van der Waals surface area contributed by atoms with Crippen LogP contribution >= 0.6 is 0 Å². The lowest BCUT2D eigenvalue weighted by atomic mass is 10.1. The van der Waals surface area contributed by atoms with Gasteiger partial charge in [0.1, 0.15) is 0 Å². The van der Waals surface area contributed by atoms with Gasteiger partial charge in [0.15, 0.2) is 0 Å². The summed E-state index contributed by atoms with van der Waals surface area (Å²) in [6.07, 6.45) is 3.96. The first-order chi connectivity index (χ1) is 7.65. The Kier molecular flexibility index (Phi) is 4.22. The van der Waals surface area contributed by atoms with Crippen LogP contribution in [0.2, 0.25) is 0 Å². The lowest BCUT2D eigenvalue weighted by Crippen LogP contribution is -2.42. The number of aliphatic hydroxyl groups excluding tert-OH is 1. The highest BCUT2D eigenvalue weighted by atomic mass is 16.3. The molecule has 2 rings (SSSR count). The Morgan fingerprint density at radius 1 is 1.31 bits per heavy atom. The monoisotopic (exact) mass is 226 g/mol. The third kappa shape index (κ3) is 3.19. The molecule has 0 radical (unpaired) electrons. The van der Waals surface area contributed by atoms with Crippen molar-refractivity contribution in [2.24, 2.45) is 11.8 Å². The molecule has 2 aliphatic rings. The second kappa shape index (κ2) is 5.48. The first-order valence-electron chi connectivity index (χ1n) is 6.78. The van der Waals surface area contributed by atoms with Gasteiger partial charge in [-0.3, -0.25) is 4.90 Å². The number of nitrogens with zero attached hydrogens (tertiary/aromatic N) is 1. The van der Waals surface area contributed by atoms with Crippen molar-refractivity contribution in [3.63, 3.8) is 0 Å². The molecule has 94 valence electrons. The van der Waals surface area contributed by atoms with Crippen molar-refractivity contribution in [2.45, 2.75) is 45.3 Å². The van der Waals surface area contributed by atoms with Crippen LogP contribution in [-0.4, -0.2) is 48.3 Å². The molecule has 3 heteroatoms. The van der Waals surface area contributed by atoms with Crippen molar-refractivity contribution < 1.29 is 5.11 Å². The number of likely N-dealkylation sites (tertiary alicyclic amines) is 1. The lowest BCUT2D eigenvalue weighted by molar-refractivity contribution is 0.0933. The Labute approximate surface area is 99.2 Å². The molecule has 0 aromatic carbocycles. The topological polar surface area (TPSA) is 35.5 Å². The van der Waals surface area contributed by atoms with Gasteiger partial charge in [-0.15, -0.1) is 0 Å². The molecule has 3 nitrogen and oxygen atoms in total. The molecule has 1 aliphatic carbocycles. The van der Waals surface area contributed by atoms with Crippen LogP contribution in [0.15, 0.2) is 0 Å². The van der Waals surface area contributed by atoms with Gasteiger partial charge in [0.2, 0.25) is 0 Å². The summed E-state index contributed by atoms with van der Waals surface area (Å²) in [6.45, 7) is 8.23. The van der Waals surface area contributed by atoms with Crippen molar-refractivity contribution in [3.8, 4) is 0 Å². The van der Waals surface area contributed by atoms with Gasteiger partial charge in [-0.2, -0.15) is 0 Å². The molecule has 1 saturated carbocycles. The quantitative estimate of drug-likeness (QED) is 0.711. The second-order valence-corrected chi connectivity index (χ2v) is 5.99. The average Bonchev–Trinajstić information content (AvgIpc) is 2.78. The number of rotatable bonds is 6.